The lowest BCUT2D eigenvalue weighted by Gasteiger charge is -2.23. The van der Waals surface area contributed by atoms with Gasteiger partial charge in [-0.25, -0.2) is 4.90 Å². The van der Waals surface area contributed by atoms with Crippen LogP contribution in [-0.4, -0.2) is 18.4 Å². The zero-order valence-electron chi connectivity index (χ0n) is 13.1. The van der Waals surface area contributed by atoms with Gasteiger partial charge in [0.1, 0.15) is 5.75 Å². The molecule has 1 heterocycles. The number of ether oxygens (including phenoxy) is 1. The topological polar surface area (TPSA) is 46.6 Å². The van der Waals surface area contributed by atoms with Crippen molar-refractivity contribution in [3.63, 3.8) is 0 Å². The Kier molecular flexibility index (Phi) is 2.47. The van der Waals surface area contributed by atoms with Crippen molar-refractivity contribution in [1.82, 2.24) is 0 Å². The monoisotopic (exact) mass is 309 g/mol. The molecule has 0 radical (unpaired) electrons. The average molecular weight is 309 g/mol. The van der Waals surface area contributed by atoms with Crippen LogP contribution < -0.4 is 9.64 Å². The van der Waals surface area contributed by atoms with Crippen molar-refractivity contribution < 1.29 is 14.3 Å². The fraction of sp³-hybridized carbons (Fsp3) is 0.474. The molecule has 3 fully saturated rings. The highest BCUT2D eigenvalue weighted by atomic mass is 16.5. The highest BCUT2D eigenvalue weighted by Gasteiger charge is 2.73. The second-order valence-electron chi connectivity index (χ2n) is 7.13. The Morgan fingerprint density at radius 2 is 1.70 bits per heavy atom. The van der Waals surface area contributed by atoms with Gasteiger partial charge in [0, 0.05) is 0 Å². The fourth-order valence-corrected chi connectivity index (χ4v) is 5.24. The van der Waals surface area contributed by atoms with Gasteiger partial charge in [-0.1, -0.05) is 24.3 Å². The van der Waals surface area contributed by atoms with E-state index in [2.05, 4.69) is 12.2 Å². The number of rotatable bonds is 3. The highest BCUT2D eigenvalue weighted by molar-refractivity contribution is 6.23. The lowest BCUT2D eigenvalue weighted by molar-refractivity contribution is -0.123. The van der Waals surface area contributed by atoms with Crippen molar-refractivity contribution >= 4 is 17.5 Å². The van der Waals surface area contributed by atoms with E-state index in [9.17, 15) is 9.59 Å². The van der Waals surface area contributed by atoms with Crippen LogP contribution in [-0.2, 0) is 9.59 Å². The van der Waals surface area contributed by atoms with Gasteiger partial charge in [0.25, 0.3) is 0 Å². The number of fused-ring (bicyclic) bond motifs is 3. The van der Waals surface area contributed by atoms with Crippen LogP contribution in [0.15, 0.2) is 36.4 Å². The van der Waals surface area contributed by atoms with Crippen molar-refractivity contribution in [1.29, 1.82) is 0 Å². The number of hydrogen-bond acceptors (Lipinski definition) is 3. The molecule has 1 aromatic rings. The lowest BCUT2D eigenvalue weighted by Crippen LogP contribution is -2.35. The SMILES string of the molecule is CCOc1ccccc1N1C(=O)C2C(C1=O)C1C=CC2C12CC2. The number of benzene rings is 1. The van der Waals surface area contributed by atoms with E-state index in [1.165, 1.54) is 17.7 Å². The summed E-state index contributed by atoms with van der Waals surface area (Å²) in [5.41, 5.74) is 0.842. The zero-order valence-corrected chi connectivity index (χ0v) is 13.1. The molecule has 5 rings (SSSR count). The molecule has 2 bridgehead atoms. The molecule has 1 aliphatic heterocycles. The third kappa shape index (κ3) is 1.47. The van der Waals surface area contributed by atoms with Gasteiger partial charge in [0.2, 0.25) is 11.8 Å². The highest BCUT2D eigenvalue weighted by Crippen LogP contribution is 2.73. The molecule has 23 heavy (non-hydrogen) atoms. The second-order valence-corrected chi connectivity index (χ2v) is 7.13. The molecule has 2 amide bonds. The summed E-state index contributed by atoms with van der Waals surface area (Å²) in [7, 11) is 0. The largest absolute Gasteiger partial charge is 0.492 e. The molecule has 4 unspecified atom stereocenters. The molecule has 4 nitrogen and oxygen atoms in total. The summed E-state index contributed by atoms with van der Waals surface area (Å²) in [4.78, 5) is 27.5. The second kappa shape index (κ2) is 4.25. The number of para-hydroxylation sites is 2. The minimum atomic E-state index is -0.158. The Morgan fingerprint density at radius 1 is 1.09 bits per heavy atom. The van der Waals surface area contributed by atoms with E-state index in [-0.39, 0.29) is 40.9 Å². The first kappa shape index (κ1) is 13.3. The van der Waals surface area contributed by atoms with Gasteiger partial charge in [0.05, 0.1) is 24.1 Å². The standard InChI is InChI=1S/C19H19NO3/c1-2-23-14-6-4-3-5-13(14)20-17(21)15-11-7-8-12(16(15)18(20)22)19(11)9-10-19/h3-8,11-12,15-16H,2,9-10H2,1H3. The molecule has 2 saturated carbocycles. The molecule has 0 aromatic heterocycles. The van der Waals surface area contributed by atoms with Crippen LogP contribution in [0.25, 0.3) is 0 Å². The van der Waals surface area contributed by atoms with Gasteiger partial charge in [-0.2, -0.15) is 0 Å². The smallest absolute Gasteiger partial charge is 0.238 e. The Bertz CT molecular complexity index is 715. The summed E-state index contributed by atoms with van der Waals surface area (Å²) < 4.78 is 5.63. The number of amides is 2. The normalized spacial score (nSPS) is 35.3. The third-order valence-corrected chi connectivity index (χ3v) is 6.26. The van der Waals surface area contributed by atoms with E-state index in [0.29, 0.717) is 18.0 Å². The number of hydrogen-bond donors (Lipinski definition) is 0. The Balaban J connectivity index is 1.56. The van der Waals surface area contributed by atoms with Crippen molar-refractivity contribution in [3.8, 4) is 5.75 Å². The molecule has 4 heteroatoms. The van der Waals surface area contributed by atoms with Gasteiger partial charge < -0.3 is 4.74 Å². The van der Waals surface area contributed by atoms with Gasteiger partial charge in [-0.05, 0) is 49.1 Å². The maximum atomic E-state index is 13.1. The molecule has 1 spiro atoms. The maximum absolute atomic E-state index is 13.1. The lowest BCUT2D eigenvalue weighted by atomic mass is 9.85. The number of carbonyl (C=O) groups excluding carboxylic acids is 2. The summed E-state index contributed by atoms with van der Waals surface area (Å²) in [5.74, 6) is 0.754. The van der Waals surface area contributed by atoms with E-state index < -0.39 is 0 Å². The van der Waals surface area contributed by atoms with Gasteiger partial charge in [-0.3, -0.25) is 9.59 Å². The van der Waals surface area contributed by atoms with Crippen molar-refractivity contribution in [2.45, 2.75) is 19.8 Å². The van der Waals surface area contributed by atoms with E-state index >= 15 is 0 Å². The van der Waals surface area contributed by atoms with Crippen LogP contribution in [0.5, 0.6) is 5.75 Å². The minimum Gasteiger partial charge on any atom is -0.492 e. The van der Waals surface area contributed by atoms with Gasteiger partial charge >= 0.3 is 0 Å². The Labute approximate surface area is 135 Å². The van der Waals surface area contributed by atoms with Gasteiger partial charge in [0.15, 0.2) is 0 Å². The van der Waals surface area contributed by atoms with Crippen molar-refractivity contribution in [2.24, 2.45) is 29.1 Å². The Hall–Kier alpha value is -2.10. The summed E-state index contributed by atoms with van der Waals surface area (Å²) >= 11 is 0. The minimum absolute atomic E-state index is 0.0321. The predicted octanol–water partition coefficient (Wildman–Crippen LogP) is 2.79. The number of anilines is 1. The first-order valence-corrected chi connectivity index (χ1v) is 8.47. The Morgan fingerprint density at radius 3 is 2.26 bits per heavy atom. The van der Waals surface area contributed by atoms with Crippen LogP contribution in [0.3, 0.4) is 0 Å². The molecule has 4 atom stereocenters. The van der Waals surface area contributed by atoms with Gasteiger partial charge in [-0.15, -0.1) is 0 Å². The fourth-order valence-electron chi connectivity index (χ4n) is 5.24. The quantitative estimate of drug-likeness (QED) is 0.637. The van der Waals surface area contributed by atoms with Crippen LogP contribution in [0.4, 0.5) is 5.69 Å². The molecule has 4 aliphatic rings. The summed E-state index contributed by atoms with van der Waals surface area (Å²) in [6.45, 7) is 2.41. The molecule has 1 saturated heterocycles. The maximum Gasteiger partial charge on any atom is 0.238 e. The summed E-state index contributed by atoms with van der Waals surface area (Å²) in [6.07, 6.45) is 6.72. The van der Waals surface area contributed by atoms with E-state index in [1.807, 2.05) is 31.2 Å². The average Bonchev–Trinajstić information content (AvgIpc) is 3.15. The number of imide groups is 1. The molecule has 1 aromatic carbocycles. The third-order valence-electron chi connectivity index (χ3n) is 6.26. The van der Waals surface area contributed by atoms with E-state index in [1.54, 1.807) is 0 Å². The number of allylic oxidation sites excluding steroid dienone is 2. The van der Waals surface area contributed by atoms with Crippen molar-refractivity contribution in [3.05, 3.63) is 36.4 Å². The number of nitrogens with zero attached hydrogens (tertiary/aromatic N) is 1. The summed E-state index contributed by atoms with van der Waals surface area (Å²) in [5, 5.41) is 0. The molecular formula is C19H19NO3. The molecule has 118 valence electrons. The van der Waals surface area contributed by atoms with Crippen LogP contribution in [0, 0.1) is 29.1 Å². The zero-order chi connectivity index (χ0) is 15.8. The van der Waals surface area contributed by atoms with Crippen LogP contribution in [0.1, 0.15) is 19.8 Å². The predicted molar refractivity (Wildman–Crippen MR) is 84.9 cm³/mol. The number of carbonyl (C=O) groups is 2. The van der Waals surface area contributed by atoms with E-state index in [4.69, 9.17) is 4.74 Å². The van der Waals surface area contributed by atoms with Crippen LogP contribution in [0.2, 0.25) is 0 Å². The first-order valence-electron chi connectivity index (χ1n) is 8.47. The molecule has 3 aliphatic carbocycles. The molecular weight excluding hydrogens is 290 g/mol. The molecule has 0 N–H and O–H groups in total. The van der Waals surface area contributed by atoms with Crippen molar-refractivity contribution in [2.75, 3.05) is 11.5 Å². The van der Waals surface area contributed by atoms with E-state index in [0.717, 1.165) is 0 Å². The summed E-state index contributed by atoms with van der Waals surface area (Å²) in [6, 6.07) is 7.35. The first-order chi connectivity index (χ1) is 11.2. The van der Waals surface area contributed by atoms with Crippen LogP contribution >= 0.6 is 0 Å².